The van der Waals surface area contributed by atoms with E-state index in [0.29, 0.717) is 11.4 Å². The summed E-state index contributed by atoms with van der Waals surface area (Å²) < 4.78 is 32.3. The van der Waals surface area contributed by atoms with Crippen molar-refractivity contribution in [1.29, 1.82) is 0 Å². The fraction of sp³-hybridized carbons (Fsp3) is 0.125. The smallest absolute Gasteiger partial charge is 0.261 e. The third-order valence-electron chi connectivity index (χ3n) is 3.20. The van der Waals surface area contributed by atoms with Gasteiger partial charge in [0.15, 0.2) is 6.61 Å². The van der Waals surface area contributed by atoms with Crippen LogP contribution in [-0.2, 0) is 14.8 Å². The molecule has 0 radical (unpaired) electrons. The van der Waals surface area contributed by atoms with Crippen molar-refractivity contribution in [2.24, 2.45) is 5.73 Å². The van der Waals surface area contributed by atoms with Gasteiger partial charge in [0.1, 0.15) is 5.75 Å². The quantitative estimate of drug-likeness (QED) is 0.667. The van der Waals surface area contributed by atoms with Crippen LogP contribution in [0.2, 0.25) is 0 Å². The van der Waals surface area contributed by atoms with Gasteiger partial charge in [0.05, 0.1) is 4.90 Å². The molecule has 8 nitrogen and oxygen atoms in total. The van der Waals surface area contributed by atoms with Gasteiger partial charge in [0.2, 0.25) is 5.91 Å². The summed E-state index contributed by atoms with van der Waals surface area (Å²) in [5.74, 6) is -0.520. The van der Waals surface area contributed by atoms with E-state index >= 15 is 0 Å². The molecule has 4 N–H and O–H groups in total. The van der Waals surface area contributed by atoms with Crippen molar-refractivity contribution in [3.63, 3.8) is 0 Å². The first-order valence-electron chi connectivity index (χ1n) is 7.18. The average Bonchev–Trinajstić information content (AvgIpc) is 2.60. The number of anilines is 1. The Balaban J connectivity index is 2.08. The van der Waals surface area contributed by atoms with E-state index in [1.165, 1.54) is 55.6 Å². The highest BCUT2D eigenvalue weighted by molar-refractivity contribution is 7.92. The van der Waals surface area contributed by atoms with E-state index < -0.39 is 15.9 Å². The summed E-state index contributed by atoms with van der Waals surface area (Å²) in [7, 11) is -2.31. The Morgan fingerprint density at radius 3 is 2.16 bits per heavy atom. The molecule has 0 fully saturated rings. The molecule has 0 bridgehead atoms. The van der Waals surface area contributed by atoms with Crippen molar-refractivity contribution >= 4 is 27.5 Å². The van der Waals surface area contributed by atoms with Crippen molar-refractivity contribution in [2.45, 2.75) is 4.90 Å². The van der Waals surface area contributed by atoms with Crippen molar-refractivity contribution in [3.05, 3.63) is 54.1 Å². The summed E-state index contributed by atoms with van der Waals surface area (Å²) in [5, 5.41) is 2.41. The molecule has 25 heavy (non-hydrogen) atoms. The Morgan fingerprint density at radius 2 is 1.64 bits per heavy atom. The number of likely N-dealkylation sites (N-methyl/N-ethyl adjacent to an activating group) is 1. The van der Waals surface area contributed by atoms with Crippen LogP contribution in [-0.4, -0.2) is 33.9 Å². The van der Waals surface area contributed by atoms with Crippen LogP contribution in [0.4, 0.5) is 5.69 Å². The third kappa shape index (κ3) is 4.95. The van der Waals surface area contributed by atoms with Crippen LogP contribution in [0.15, 0.2) is 53.4 Å². The molecule has 132 valence electrons. The van der Waals surface area contributed by atoms with Gasteiger partial charge in [-0.3, -0.25) is 14.3 Å². The molecule has 0 spiro atoms. The van der Waals surface area contributed by atoms with Gasteiger partial charge >= 0.3 is 0 Å². The standard InChI is InChI=1S/C16H17N3O5S/c1-18-15(20)10-24-13-6-8-14(9-7-13)25(22,23)19-12-4-2-11(3-5-12)16(17)21/h2-9,19H,10H2,1H3,(H2,17,21)(H,18,20). The summed E-state index contributed by atoms with van der Waals surface area (Å²) in [6.07, 6.45) is 0. The lowest BCUT2D eigenvalue weighted by atomic mass is 10.2. The number of primary amides is 1. The molecule has 2 aromatic carbocycles. The number of ether oxygens (including phenoxy) is 1. The van der Waals surface area contributed by atoms with Crippen molar-refractivity contribution in [3.8, 4) is 5.75 Å². The van der Waals surface area contributed by atoms with E-state index in [1.54, 1.807) is 0 Å². The average molecular weight is 363 g/mol. The van der Waals surface area contributed by atoms with Gasteiger partial charge < -0.3 is 15.8 Å². The fourth-order valence-corrected chi connectivity index (χ4v) is 2.91. The second-order valence-electron chi connectivity index (χ2n) is 4.98. The number of carbonyl (C=O) groups excluding carboxylic acids is 2. The van der Waals surface area contributed by atoms with Crippen LogP contribution >= 0.6 is 0 Å². The molecule has 0 heterocycles. The lowest BCUT2D eigenvalue weighted by Gasteiger charge is -2.10. The zero-order valence-corrected chi connectivity index (χ0v) is 14.2. The normalized spacial score (nSPS) is 10.8. The highest BCUT2D eigenvalue weighted by Gasteiger charge is 2.14. The predicted molar refractivity (Wildman–Crippen MR) is 91.8 cm³/mol. The second-order valence-corrected chi connectivity index (χ2v) is 6.66. The zero-order valence-electron chi connectivity index (χ0n) is 13.4. The second kappa shape index (κ2) is 7.67. The van der Waals surface area contributed by atoms with Crippen molar-refractivity contribution < 1.29 is 22.7 Å². The lowest BCUT2D eigenvalue weighted by molar-refractivity contribution is -0.122. The number of hydrogen-bond acceptors (Lipinski definition) is 5. The first kappa shape index (κ1) is 18.3. The van der Waals surface area contributed by atoms with E-state index in [1.807, 2.05) is 0 Å². The summed E-state index contributed by atoms with van der Waals surface area (Å²) in [6.45, 7) is -0.160. The first-order chi connectivity index (χ1) is 11.8. The molecule has 0 aliphatic carbocycles. The number of hydrogen-bond donors (Lipinski definition) is 3. The Morgan fingerprint density at radius 1 is 1.04 bits per heavy atom. The molecular weight excluding hydrogens is 346 g/mol. The number of nitrogens with two attached hydrogens (primary N) is 1. The van der Waals surface area contributed by atoms with E-state index in [2.05, 4.69) is 10.0 Å². The van der Waals surface area contributed by atoms with Crippen LogP contribution in [0, 0.1) is 0 Å². The van der Waals surface area contributed by atoms with Crippen molar-refractivity contribution in [2.75, 3.05) is 18.4 Å². The molecule has 0 saturated heterocycles. The zero-order chi connectivity index (χ0) is 18.4. The topological polar surface area (TPSA) is 128 Å². The monoisotopic (exact) mass is 363 g/mol. The SMILES string of the molecule is CNC(=O)COc1ccc(S(=O)(=O)Nc2ccc(C(N)=O)cc2)cc1. The molecular formula is C16H17N3O5S. The number of amides is 2. The molecule has 9 heteroatoms. The maximum atomic E-state index is 12.3. The van der Waals surface area contributed by atoms with Gasteiger partial charge in [-0.15, -0.1) is 0 Å². The van der Waals surface area contributed by atoms with E-state index in [9.17, 15) is 18.0 Å². The minimum Gasteiger partial charge on any atom is -0.484 e. The van der Waals surface area contributed by atoms with Gasteiger partial charge in [-0.25, -0.2) is 8.42 Å². The molecule has 0 saturated carbocycles. The minimum atomic E-state index is -3.80. The van der Waals surface area contributed by atoms with Crippen molar-refractivity contribution in [1.82, 2.24) is 5.32 Å². The van der Waals surface area contributed by atoms with Gasteiger partial charge in [-0.1, -0.05) is 0 Å². The van der Waals surface area contributed by atoms with Crippen LogP contribution < -0.4 is 20.5 Å². The largest absolute Gasteiger partial charge is 0.484 e. The molecule has 0 aromatic heterocycles. The van der Waals surface area contributed by atoms with Crippen LogP contribution in [0.1, 0.15) is 10.4 Å². The molecule has 2 rings (SSSR count). The maximum absolute atomic E-state index is 12.3. The van der Waals surface area contributed by atoms with E-state index in [-0.39, 0.29) is 23.0 Å². The van der Waals surface area contributed by atoms with Crippen LogP contribution in [0.3, 0.4) is 0 Å². The Kier molecular flexibility index (Phi) is 5.60. The Labute approximate surface area is 145 Å². The molecule has 0 aliphatic rings. The van der Waals surface area contributed by atoms with Gasteiger partial charge in [-0.2, -0.15) is 0 Å². The van der Waals surface area contributed by atoms with Gasteiger partial charge in [-0.05, 0) is 48.5 Å². The summed E-state index contributed by atoms with van der Waals surface area (Å²) in [6, 6.07) is 11.4. The summed E-state index contributed by atoms with van der Waals surface area (Å²) >= 11 is 0. The van der Waals surface area contributed by atoms with Crippen LogP contribution in [0.25, 0.3) is 0 Å². The minimum absolute atomic E-state index is 0.0266. The Bertz CT molecular complexity index is 862. The van der Waals surface area contributed by atoms with Crippen LogP contribution in [0.5, 0.6) is 5.75 Å². The molecule has 2 amide bonds. The Hall–Kier alpha value is -3.07. The lowest BCUT2D eigenvalue weighted by Crippen LogP contribution is -2.24. The number of sulfonamides is 1. The van der Waals surface area contributed by atoms with Gasteiger partial charge in [0.25, 0.3) is 15.9 Å². The number of nitrogens with one attached hydrogen (secondary N) is 2. The molecule has 0 atom stereocenters. The molecule has 0 unspecified atom stereocenters. The summed E-state index contributed by atoms with van der Waals surface area (Å²) in [5.41, 5.74) is 5.71. The third-order valence-corrected chi connectivity index (χ3v) is 4.60. The van der Waals surface area contributed by atoms with Gasteiger partial charge in [0, 0.05) is 18.3 Å². The summed E-state index contributed by atoms with van der Waals surface area (Å²) in [4.78, 5) is 22.1. The van der Waals surface area contributed by atoms with E-state index in [0.717, 1.165) is 0 Å². The molecule has 2 aromatic rings. The number of carbonyl (C=O) groups is 2. The number of rotatable bonds is 7. The highest BCUT2D eigenvalue weighted by Crippen LogP contribution is 2.19. The first-order valence-corrected chi connectivity index (χ1v) is 8.66. The maximum Gasteiger partial charge on any atom is 0.261 e. The molecule has 0 aliphatic heterocycles. The number of benzene rings is 2. The van der Waals surface area contributed by atoms with E-state index in [4.69, 9.17) is 10.5 Å². The fourth-order valence-electron chi connectivity index (χ4n) is 1.85. The highest BCUT2D eigenvalue weighted by atomic mass is 32.2. The predicted octanol–water partition coefficient (Wildman–Crippen LogP) is 0.711.